The van der Waals surface area contributed by atoms with Crippen molar-refractivity contribution in [2.75, 3.05) is 6.54 Å². The third kappa shape index (κ3) is 7.96. The van der Waals surface area contributed by atoms with Gasteiger partial charge < -0.3 is 5.32 Å². The van der Waals surface area contributed by atoms with Crippen molar-refractivity contribution in [3.8, 4) is 0 Å². The van der Waals surface area contributed by atoms with Crippen molar-refractivity contribution >= 4 is 0 Å². The van der Waals surface area contributed by atoms with Crippen molar-refractivity contribution in [2.45, 2.75) is 33.6 Å². The molecular weight excluding hydrogens is 110 g/mol. The molecule has 0 unspecified atom stereocenters. The lowest BCUT2D eigenvalue weighted by Crippen LogP contribution is -2.16. The van der Waals surface area contributed by atoms with Crippen LogP contribution in [0.25, 0.3) is 0 Å². The van der Waals surface area contributed by atoms with Gasteiger partial charge in [-0.25, -0.2) is 0 Å². The van der Waals surface area contributed by atoms with Gasteiger partial charge in [0.1, 0.15) is 0 Å². The lowest BCUT2D eigenvalue weighted by Gasteiger charge is -2.04. The van der Waals surface area contributed by atoms with E-state index >= 15 is 0 Å². The Labute approximate surface area is 58.8 Å². The molecule has 0 saturated heterocycles. The van der Waals surface area contributed by atoms with Gasteiger partial charge in [0.05, 0.1) is 0 Å². The van der Waals surface area contributed by atoms with E-state index in [-0.39, 0.29) is 0 Å². The Hall–Kier alpha value is -0.0400. The fourth-order valence-corrected chi connectivity index (χ4v) is 0.565. The van der Waals surface area contributed by atoms with E-state index < -0.39 is 0 Å². The van der Waals surface area contributed by atoms with Crippen LogP contribution in [0.2, 0.25) is 0 Å². The standard InChI is InChI=1S/C8H18N/c1-4-5-6-9-7-8(2)3/h6,8-9H,4-5,7H2,1-3H3. The van der Waals surface area contributed by atoms with Crippen molar-refractivity contribution in [2.24, 2.45) is 5.92 Å². The van der Waals surface area contributed by atoms with E-state index in [1.807, 2.05) is 0 Å². The van der Waals surface area contributed by atoms with Crippen molar-refractivity contribution < 1.29 is 0 Å². The van der Waals surface area contributed by atoms with Crippen LogP contribution in [0.4, 0.5) is 0 Å². The van der Waals surface area contributed by atoms with Crippen LogP contribution in [0.3, 0.4) is 0 Å². The van der Waals surface area contributed by atoms with Crippen LogP contribution in [-0.2, 0) is 0 Å². The molecule has 1 radical (unpaired) electrons. The van der Waals surface area contributed by atoms with Gasteiger partial charge in [-0.1, -0.05) is 27.2 Å². The summed E-state index contributed by atoms with van der Waals surface area (Å²) in [6, 6.07) is 0. The Morgan fingerprint density at radius 2 is 2.11 bits per heavy atom. The minimum absolute atomic E-state index is 0.762. The van der Waals surface area contributed by atoms with Crippen LogP contribution < -0.4 is 5.32 Å². The van der Waals surface area contributed by atoms with E-state index in [1.54, 1.807) is 0 Å². The van der Waals surface area contributed by atoms with Crippen LogP contribution in [-0.4, -0.2) is 6.54 Å². The molecule has 0 amide bonds. The summed E-state index contributed by atoms with van der Waals surface area (Å²) in [5.74, 6) is 0.762. The monoisotopic (exact) mass is 128 g/mol. The summed E-state index contributed by atoms with van der Waals surface area (Å²) in [6.07, 6.45) is 2.43. The number of unbranched alkanes of at least 4 members (excludes halogenated alkanes) is 1. The Bertz CT molecular complexity index is 50.5. The molecule has 0 fully saturated rings. The predicted molar refractivity (Wildman–Crippen MR) is 42.0 cm³/mol. The highest BCUT2D eigenvalue weighted by Gasteiger charge is 1.90. The van der Waals surface area contributed by atoms with Crippen LogP contribution in [0.5, 0.6) is 0 Å². The van der Waals surface area contributed by atoms with Crippen molar-refractivity contribution in [1.29, 1.82) is 0 Å². The molecule has 0 aliphatic carbocycles. The maximum Gasteiger partial charge on any atom is 0.0221 e. The smallest absolute Gasteiger partial charge is 0.0221 e. The van der Waals surface area contributed by atoms with E-state index in [2.05, 4.69) is 32.6 Å². The van der Waals surface area contributed by atoms with Gasteiger partial charge in [-0.2, -0.15) is 0 Å². The Morgan fingerprint density at radius 1 is 1.44 bits per heavy atom. The quantitative estimate of drug-likeness (QED) is 0.560. The van der Waals surface area contributed by atoms with Crippen LogP contribution >= 0.6 is 0 Å². The van der Waals surface area contributed by atoms with Gasteiger partial charge in [-0.15, -0.1) is 0 Å². The average molecular weight is 128 g/mol. The lowest BCUT2D eigenvalue weighted by atomic mass is 10.2. The second-order valence-electron chi connectivity index (χ2n) is 2.79. The SMILES string of the molecule is CCC[CH]NCC(C)C. The first-order valence-corrected chi connectivity index (χ1v) is 3.82. The molecule has 0 aliphatic heterocycles. The number of hydrogen-bond acceptors (Lipinski definition) is 1. The zero-order valence-corrected chi connectivity index (χ0v) is 6.78. The zero-order valence-electron chi connectivity index (χ0n) is 6.78. The van der Waals surface area contributed by atoms with Crippen LogP contribution in [0.1, 0.15) is 33.6 Å². The fourth-order valence-electron chi connectivity index (χ4n) is 0.565. The van der Waals surface area contributed by atoms with Crippen molar-refractivity contribution in [3.05, 3.63) is 6.54 Å². The second-order valence-corrected chi connectivity index (χ2v) is 2.79. The summed E-state index contributed by atoms with van der Waals surface area (Å²) >= 11 is 0. The van der Waals surface area contributed by atoms with Gasteiger partial charge in [0.25, 0.3) is 0 Å². The van der Waals surface area contributed by atoms with Crippen molar-refractivity contribution in [3.63, 3.8) is 0 Å². The molecule has 0 heterocycles. The molecule has 55 valence electrons. The maximum atomic E-state index is 3.26. The fraction of sp³-hybridized carbons (Fsp3) is 0.875. The molecule has 0 spiro atoms. The Morgan fingerprint density at radius 3 is 2.56 bits per heavy atom. The van der Waals surface area contributed by atoms with Gasteiger partial charge >= 0.3 is 0 Å². The van der Waals surface area contributed by atoms with E-state index in [9.17, 15) is 0 Å². The first-order valence-electron chi connectivity index (χ1n) is 3.82. The van der Waals surface area contributed by atoms with E-state index in [0.717, 1.165) is 12.5 Å². The molecule has 9 heavy (non-hydrogen) atoms. The predicted octanol–water partition coefficient (Wildman–Crippen LogP) is 2.19. The summed E-state index contributed by atoms with van der Waals surface area (Å²) in [5, 5.41) is 3.26. The minimum Gasteiger partial charge on any atom is -0.312 e. The van der Waals surface area contributed by atoms with Crippen molar-refractivity contribution in [1.82, 2.24) is 5.32 Å². The highest BCUT2D eigenvalue weighted by molar-refractivity contribution is 4.61. The van der Waals surface area contributed by atoms with Gasteiger partial charge in [-0.05, 0) is 18.9 Å². The second kappa shape index (κ2) is 6.09. The van der Waals surface area contributed by atoms with Crippen LogP contribution in [0.15, 0.2) is 0 Å². The molecule has 0 saturated carbocycles. The molecule has 0 bridgehead atoms. The molecule has 0 aromatic rings. The molecule has 1 heteroatoms. The number of nitrogens with one attached hydrogen (secondary N) is 1. The largest absolute Gasteiger partial charge is 0.312 e. The summed E-state index contributed by atoms with van der Waals surface area (Å²) in [7, 11) is 0. The highest BCUT2D eigenvalue weighted by atomic mass is 14.8. The Kier molecular flexibility index (Phi) is 6.06. The lowest BCUT2D eigenvalue weighted by molar-refractivity contribution is 0.579. The van der Waals surface area contributed by atoms with Gasteiger partial charge in [0.15, 0.2) is 0 Å². The topological polar surface area (TPSA) is 12.0 Å². The first kappa shape index (κ1) is 8.96. The van der Waals surface area contributed by atoms with E-state index in [0.29, 0.717) is 0 Å². The first-order chi connectivity index (χ1) is 4.27. The summed E-state index contributed by atoms with van der Waals surface area (Å²) in [6.45, 7) is 9.88. The highest BCUT2D eigenvalue weighted by Crippen LogP contribution is 1.91. The third-order valence-electron chi connectivity index (χ3n) is 1.10. The molecule has 0 rings (SSSR count). The normalized spacial score (nSPS) is 10.7. The molecule has 0 atom stereocenters. The molecule has 1 nitrogen and oxygen atoms in total. The van der Waals surface area contributed by atoms with Gasteiger partial charge in [0.2, 0.25) is 0 Å². The zero-order chi connectivity index (χ0) is 7.11. The van der Waals surface area contributed by atoms with Gasteiger partial charge in [0, 0.05) is 6.54 Å². The maximum absolute atomic E-state index is 3.26. The van der Waals surface area contributed by atoms with E-state index in [4.69, 9.17) is 0 Å². The molecule has 0 aromatic carbocycles. The molecule has 0 aliphatic rings. The molecule has 1 N–H and O–H groups in total. The molecule has 0 aromatic heterocycles. The summed E-state index contributed by atoms with van der Waals surface area (Å²) < 4.78 is 0. The summed E-state index contributed by atoms with van der Waals surface area (Å²) in [5.41, 5.74) is 0. The van der Waals surface area contributed by atoms with E-state index in [1.165, 1.54) is 12.8 Å². The number of hydrogen-bond donors (Lipinski definition) is 1. The van der Waals surface area contributed by atoms with Crippen LogP contribution in [0, 0.1) is 12.5 Å². The molecular formula is C8H18N. The Balaban J connectivity index is 2.75. The number of rotatable bonds is 5. The summed E-state index contributed by atoms with van der Waals surface area (Å²) in [4.78, 5) is 0. The van der Waals surface area contributed by atoms with Gasteiger partial charge in [-0.3, -0.25) is 0 Å². The minimum atomic E-state index is 0.762. The third-order valence-corrected chi connectivity index (χ3v) is 1.10. The average Bonchev–Trinajstić information content (AvgIpc) is 1.80.